The van der Waals surface area contributed by atoms with Gasteiger partial charge in [0, 0.05) is 24.5 Å². The molecule has 1 aliphatic rings. The van der Waals surface area contributed by atoms with Gasteiger partial charge in [-0.05, 0) is 24.6 Å². The summed E-state index contributed by atoms with van der Waals surface area (Å²) in [6.45, 7) is 3.71. The highest BCUT2D eigenvalue weighted by molar-refractivity contribution is 7.21. The van der Waals surface area contributed by atoms with E-state index in [0.29, 0.717) is 11.3 Å². The van der Waals surface area contributed by atoms with Crippen LogP contribution in [0.2, 0.25) is 0 Å². The smallest absolute Gasteiger partial charge is 0.261 e. The highest BCUT2D eigenvalue weighted by atomic mass is 32.1. The fraction of sp³-hybridized carbons (Fsp3) is 0.294. The number of nitrogens with one attached hydrogen (secondary N) is 2. The molecule has 0 unspecified atom stereocenters. The van der Waals surface area contributed by atoms with Crippen LogP contribution in [0.5, 0.6) is 0 Å². The molecule has 23 heavy (non-hydrogen) atoms. The van der Waals surface area contributed by atoms with Gasteiger partial charge in [0.1, 0.15) is 4.83 Å². The molecule has 0 atom stereocenters. The molecule has 0 bridgehead atoms. The van der Waals surface area contributed by atoms with Crippen molar-refractivity contribution in [3.8, 4) is 10.4 Å². The average molecular weight is 326 g/mol. The van der Waals surface area contributed by atoms with E-state index in [-0.39, 0.29) is 5.56 Å². The first-order chi connectivity index (χ1) is 11.3. The zero-order valence-electron chi connectivity index (χ0n) is 12.7. The Bertz CT molecular complexity index is 863. The van der Waals surface area contributed by atoms with Gasteiger partial charge < -0.3 is 10.2 Å². The van der Waals surface area contributed by atoms with Crippen LogP contribution in [0.4, 0.5) is 5.95 Å². The van der Waals surface area contributed by atoms with E-state index in [2.05, 4.69) is 27.3 Å². The van der Waals surface area contributed by atoms with Gasteiger partial charge in [0.2, 0.25) is 5.95 Å². The zero-order valence-corrected chi connectivity index (χ0v) is 13.5. The van der Waals surface area contributed by atoms with Crippen LogP contribution in [0.15, 0.2) is 41.2 Å². The summed E-state index contributed by atoms with van der Waals surface area (Å²) >= 11 is 1.57. The quantitative estimate of drug-likeness (QED) is 0.759. The number of anilines is 1. The van der Waals surface area contributed by atoms with Crippen molar-refractivity contribution in [2.24, 2.45) is 0 Å². The molecule has 6 heteroatoms. The monoisotopic (exact) mass is 326 g/mol. The van der Waals surface area contributed by atoms with E-state index in [9.17, 15) is 4.79 Å². The Balaban J connectivity index is 1.76. The Kier molecular flexibility index (Phi) is 3.85. The lowest BCUT2D eigenvalue weighted by molar-refractivity contribution is 0.724. The molecule has 0 spiro atoms. The van der Waals surface area contributed by atoms with Crippen molar-refractivity contribution < 1.29 is 0 Å². The maximum absolute atomic E-state index is 12.4. The number of hydrogen-bond donors (Lipinski definition) is 2. The molecule has 1 aromatic carbocycles. The Morgan fingerprint density at radius 1 is 1.13 bits per heavy atom. The summed E-state index contributed by atoms with van der Waals surface area (Å²) in [5.74, 6) is 0.688. The molecule has 3 aromatic rings. The third-order valence-corrected chi connectivity index (χ3v) is 5.17. The molecule has 0 radical (unpaired) electrons. The summed E-state index contributed by atoms with van der Waals surface area (Å²) in [5.41, 5.74) is 1.07. The first-order valence-corrected chi connectivity index (χ1v) is 8.68. The molecule has 0 saturated carbocycles. The van der Waals surface area contributed by atoms with Gasteiger partial charge in [-0.15, -0.1) is 11.3 Å². The van der Waals surface area contributed by atoms with Crippen LogP contribution < -0.4 is 15.8 Å². The van der Waals surface area contributed by atoms with Crippen LogP contribution in [0, 0.1) is 0 Å². The van der Waals surface area contributed by atoms with E-state index in [1.807, 2.05) is 24.3 Å². The van der Waals surface area contributed by atoms with Gasteiger partial charge in [-0.1, -0.05) is 30.3 Å². The second-order valence-corrected chi connectivity index (χ2v) is 6.71. The molecule has 1 aliphatic heterocycles. The van der Waals surface area contributed by atoms with Crippen molar-refractivity contribution in [2.45, 2.75) is 6.42 Å². The summed E-state index contributed by atoms with van der Waals surface area (Å²) in [6.07, 6.45) is 1.06. The molecule has 4 rings (SSSR count). The molecule has 0 aliphatic carbocycles. The van der Waals surface area contributed by atoms with E-state index in [1.54, 1.807) is 11.3 Å². The van der Waals surface area contributed by atoms with E-state index in [0.717, 1.165) is 47.9 Å². The van der Waals surface area contributed by atoms with Crippen LogP contribution in [-0.4, -0.2) is 36.1 Å². The van der Waals surface area contributed by atoms with Crippen molar-refractivity contribution in [1.29, 1.82) is 0 Å². The molecular formula is C17H18N4OS. The number of thiophene rings is 1. The normalized spacial score (nSPS) is 15.7. The van der Waals surface area contributed by atoms with Crippen LogP contribution in [0.1, 0.15) is 6.42 Å². The summed E-state index contributed by atoms with van der Waals surface area (Å²) in [6, 6.07) is 12.1. The third-order valence-electron chi connectivity index (χ3n) is 4.09. The van der Waals surface area contributed by atoms with Crippen molar-refractivity contribution >= 4 is 27.5 Å². The maximum atomic E-state index is 12.4. The van der Waals surface area contributed by atoms with Crippen molar-refractivity contribution in [1.82, 2.24) is 15.3 Å². The van der Waals surface area contributed by atoms with Crippen molar-refractivity contribution in [3.05, 3.63) is 46.8 Å². The van der Waals surface area contributed by atoms with Crippen molar-refractivity contribution in [2.75, 3.05) is 31.1 Å². The fourth-order valence-electron chi connectivity index (χ4n) is 2.87. The molecule has 2 N–H and O–H groups in total. The van der Waals surface area contributed by atoms with Gasteiger partial charge in [-0.25, -0.2) is 4.98 Å². The molecule has 1 fully saturated rings. The van der Waals surface area contributed by atoms with Gasteiger partial charge >= 0.3 is 0 Å². The lowest BCUT2D eigenvalue weighted by Crippen LogP contribution is -2.30. The highest BCUT2D eigenvalue weighted by Crippen LogP contribution is 2.31. The molecular weight excluding hydrogens is 308 g/mol. The van der Waals surface area contributed by atoms with E-state index < -0.39 is 0 Å². The van der Waals surface area contributed by atoms with Gasteiger partial charge in [-0.3, -0.25) is 9.78 Å². The average Bonchev–Trinajstić information content (AvgIpc) is 2.83. The first-order valence-electron chi connectivity index (χ1n) is 7.86. The largest absolute Gasteiger partial charge is 0.341 e. The van der Waals surface area contributed by atoms with E-state index >= 15 is 0 Å². The Morgan fingerprint density at radius 3 is 2.87 bits per heavy atom. The molecule has 118 valence electrons. The number of benzene rings is 1. The summed E-state index contributed by atoms with van der Waals surface area (Å²) in [7, 11) is 0. The molecule has 5 nitrogen and oxygen atoms in total. The third kappa shape index (κ3) is 2.87. The van der Waals surface area contributed by atoms with Gasteiger partial charge in [0.25, 0.3) is 5.56 Å². The van der Waals surface area contributed by atoms with E-state index in [1.165, 1.54) is 0 Å². The predicted octanol–water partition coefficient (Wildman–Crippen LogP) is 2.45. The summed E-state index contributed by atoms with van der Waals surface area (Å²) in [5, 5.41) is 4.04. The summed E-state index contributed by atoms with van der Waals surface area (Å²) in [4.78, 5) is 24.1. The van der Waals surface area contributed by atoms with Crippen LogP contribution in [-0.2, 0) is 0 Å². The lowest BCUT2D eigenvalue weighted by atomic mass is 10.2. The molecule has 0 amide bonds. The standard InChI is InChI=1S/C17H18N4OS/c22-15-13-11-14(12-5-2-1-3-6-12)23-16(13)20-17(19-15)21-9-4-7-18-8-10-21/h1-3,5-6,11,18H,4,7-10H2,(H,19,20,22). The lowest BCUT2D eigenvalue weighted by Gasteiger charge is -2.19. The number of H-pyrrole nitrogens is 1. The van der Waals surface area contributed by atoms with E-state index in [4.69, 9.17) is 4.98 Å². The Labute approximate surface area is 138 Å². The number of nitrogens with zero attached hydrogens (tertiary/aromatic N) is 2. The fourth-order valence-corrected chi connectivity index (χ4v) is 3.90. The molecule has 3 heterocycles. The highest BCUT2D eigenvalue weighted by Gasteiger charge is 2.15. The number of rotatable bonds is 2. The number of aromatic nitrogens is 2. The van der Waals surface area contributed by atoms with Crippen LogP contribution >= 0.6 is 11.3 Å². The topological polar surface area (TPSA) is 61.0 Å². The Morgan fingerprint density at radius 2 is 2.00 bits per heavy atom. The second-order valence-electron chi connectivity index (χ2n) is 5.68. The van der Waals surface area contributed by atoms with Gasteiger partial charge in [0.15, 0.2) is 0 Å². The molecule has 1 saturated heterocycles. The second kappa shape index (κ2) is 6.14. The first kappa shape index (κ1) is 14.4. The summed E-state index contributed by atoms with van der Waals surface area (Å²) < 4.78 is 0. The zero-order chi connectivity index (χ0) is 15.6. The van der Waals surface area contributed by atoms with Crippen molar-refractivity contribution in [3.63, 3.8) is 0 Å². The minimum atomic E-state index is -0.0550. The Hall–Kier alpha value is -2.18. The number of fused-ring (bicyclic) bond motifs is 1. The molecule has 2 aromatic heterocycles. The predicted molar refractivity (Wildman–Crippen MR) is 95.4 cm³/mol. The van der Waals surface area contributed by atoms with Crippen LogP contribution in [0.25, 0.3) is 20.7 Å². The minimum Gasteiger partial charge on any atom is -0.341 e. The maximum Gasteiger partial charge on any atom is 0.261 e. The number of hydrogen-bond acceptors (Lipinski definition) is 5. The van der Waals surface area contributed by atoms with Gasteiger partial charge in [0.05, 0.1) is 5.39 Å². The SMILES string of the molecule is O=c1[nH]c(N2CCCNCC2)nc2sc(-c3ccccc3)cc12. The van der Waals surface area contributed by atoms with Crippen LogP contribution in [0.3, 0.4) is 0 Å². The van der Waals surface area contributed by atoms with Gasteiger partial charge in [-0.2, -0.15) is 0 Å². The minimum absolute atomic E-state index is 0.0550. The number of aromatic amines is 1.